The van der Waals surface area contributed by atoms with Gasteiger partial charge in [0.15, 0.2) is 0 Å². The molecule has 0 radical (unpaired) electrons. The van der Waals surface area contributed by atoms with E-state index in [9.17, 15) is 8.42 Å². The minimum Gasteiger partial charge on any atom is -0.350 e. The lowest BCUT2D eigenvalue weighted by atomic mass is 9.97. The summed E-state index contributed by atoms with van der Waals surface area (Å²) in [6.45, 7) is 4.46. The molecule has 1 aromatic heterocycles. The first kappa shape index (κ1) is 17.3. The number of piperidine rings is 1. The standard InChI is InChI=1S/C18H22N2O2S2/c1-13-6-8-15(9-7-13)24(21,22)20-12-4-3-5-17(20)16-10-11-18(23)19-14(16)2/h6-11,17H,3-5,12H2,1-2H3,(H,19,23)/t17-/m1/s1. The maximum Gasteiger partial charge on any atom is 0.243 e. The van der Waals surface area contributed by atoms with Gasteiger partial charge in [-0.25, -0.2) is 8.42 Å². The molecule has 1 N–H and O–H groups in total. The first-order chi connectivity index (χ1) is 11.4. The fraction of sp³-hybridized carbons (Fsp3) is 0.389. The van der Waals surface area contributed by atoms with Crippen molar-refractivity contribution in [2.24, 2.45) is 0 Å². The number of hydrogen-bond donors (Lipinski definition) is 1. The van der Waals surface area contributed by atoms with Crippen LogP contribution in [0.4, 0.5) is 0 Å². The van der Waals surface area contributed by atoms with E-state index in [1.54, 1.807) is 16.4 Å². The molecule has 0 spiro atoms. The van der Waals surface area contributed by atoms with Crippen molar-refractivity contribution in [2.45, 2.75) is 44.0 Å². The van der Waals surface area contributed by atoms with E-state index in [-0.39, 0.29) is 6.04 Å². The number of benzene rings is 1. The molecule has 0 unspecified atom stereocenters. The third-order valence-electron chi connectivity index (χ3n) is 4.60. The van der Waals surface area contributed by atoms with Gasteiger partial charge in [0.2, 0.25) is 10.0 Å². The first-order valence-electron chi connectivity index (χ1n) is 8.18. The van der Waals surface area contributed by atoms with Crippen molar-refractivity contribution in [1.29, 1.82) is 0 Å². The third-order valence-corrected chi connectivity index (χ3v) is 6.76. The molecule has 3 rings (SSSR count). The molecular formula is C18H22N2O2S2. The first-order valence-corrected chi connectivity index (χ1v) is 10.0. The van der Waals surface area contributed by atoms with Crippen LogP contribution in [0.25, 0.3) is 0 Å². The normalized spacial score (nSPS) is 19.3. The zero-order chi connectivity index (χ0) is 17.3. The van der Waals surface area contributed by atoms with E-state index in [0.717, 1.165) is 36.1 Å². The van der Waals surface area contributed by atoms with Crippen molar-refractivity contribution in [2.75, 3.05) is 6.54 Å². The Morgan fingerprint density at radius 1 is 1.08 bits per heavy atom. The zero-order valence-corrected chi connectivity index (χ0v) is 15.6. The predicted molar refractivity (Wildman–Crippen MR) is 98.0 cm³/mol. The van der Waals surface area contributed by atoms with Gasteiger partial charge in [0, 0.05) is 12.2 Å². The molecule has 1 aromatic carbocycles. The highest BCUT2D eigenvalue weighted by Crippen LogP contribution is 2.36. The number of H-pyrrole nitrogens is 1. The Hall–Kier alpha value is -1.50. The van der Waals surface area contributed by atoms with E-state index in [0.29, 0.717) is 16.1 Å². The van der Waals surface area contributed by atoms with Crippen molar-refractivity contribution in [3.05, 3.63) is 57.9 Å². The summed E-state index contributed by atoms with van der Waals surface area (Å²) in [7, 11) is -3.51. The molecule has 24 heavy (non-hydrogen) atoms. The molecule has 2 aromatic rings. The van der Waals surface area contributed by atoms with E-state index in [2.05, 4.69) is 4.98 Å². The van der Waals surface area contributed by atoms with E-state index < -0.39 is 10.0 Å². The Balaban J connectivity index is 2.03. The molecule has 128 valence electrons. The molecule has 1 atom stereocenters. The fourth-order valence-electron chi connectivity index (χ4n) is 3.30. The van der Waals surface area contributed by atoms with Crippen LogP contribution in [-0.2, 0) is 10.0 Å². The summed E-state index contributed by atoms with van der Waals surface area (Å²) in [6, 6.07) is 10.7. The average molecular weight is 363 g/mol. The van der Waals surface area contributed by atoms with E-state index >= 15 is 0 Å². The molecule has 4 nitrogen and oxygen atoms in total. The van der Waals surface area contributed by atoms with Crippen LogP contribution in [0.15, 0.2) is 41.3 Å². The molecule has 1 aliphatic rings. The maximum absolute atomic E-state index is 13.2. The van der Waals surface area contributed by atoms with Gasteiger partial charge in [-0.15, -0.1) is 0 Å². The van der Waals surface area contributed by atoms with Gasteiger partial charge in [-0.05, 0) is 50.5 Å². The van der Waals surface area contributed by atoms with Gasteiger partial charge in [0.05, 0.1) is 10.9 Å². The van der Waals surface area contributed by atoms with Gasteiger partial charge in [-0.2, -0.15) is 4.31 Å². The van der Waals surface area contributed by atoms with Crippen LogP contribution in [0.5, 0.6) is 0 Å². The molecule has 0 bridgehead atoms. The Morgan fingerprint density at radius 2 is 1.79 bits per heavy atom. The highest BCUT2D eigenvalue weighted by molar-refractivity contribution is 7.89. The molecule has 1 fully saturated rings. The minimum absolute atomic E-state index is 0.142. The molecule has 0 amide bonds. The van der Waals surface area contributed by atoms with Gasteiger partial charge >= 0.3 is 0 Å². The van der Waals surface area contributed by atoms with E-state index in [4.69, 9.17) is 12.2 Å². The number of aryl methyl sites for hydroxylation is 2. The second-order valence-electron chi connectivity index (χ2n) is 6.34. The highest BCUT2D eigenvalue weighted by Gasteiger charge is 2.35. The molecule has 1 aliphatic heterocycles. The number of nitrogens with zero attached hydrogens (tertiary/aromatic N) is 1. The Labute approximate surface area is 148 Å². The number of aromatic amines is 1. The number of hydrogen-bond acceptors (Lipinski definition) is 3. The summed E-state index contributed by atoms with van der Waals surface area (Å²) in [5.74, 6) is 0. The van der Waals surface area contributed by atoms with Gasteiger partial charge in [-0.3, -0.25) is 0 Å². The number of rotatable bonds is 3. The molecule has 0 aliphatic carbocycles. The van der Waals surface area contributed by atoms with E-state index in [1.807, 2.05) is 38.1 Å². The topological polar surface area (TPSA) is 53.2 Å². The van der Waals surface area contributed by atoms with Crippen molar-refractivity contribution < 1.29 is 8.42 Å². The Kier molecular flexibility index (Phi) is 4.90. The summed E-state index contributed by atoms with van der Waals surface area (Å²) < 4.78 is 28.6. The summed E-state index contributed by atoms with van der Waals surface area (Å²) in [5, 5.41) is 0. The fourth-order valence-corrected chi connectivity index (χ4v) is 5.19. The SMILES string of the molecule is Cc1ccc(S(=O)(=O)N2CCCC[C@@H]2c2ccc(=S)[nH]c2C)cc1. The monoisotopic (exact) mass is 362 g/mol. The third kappa shape index (κ3) is 3.31. The number of pyridine rings is 1. The summed E-state index contributed by atoms with van der Waals surface area (Å²) >= 11 is 5.16. The average Bonchev–Trinajstić information content (AvgIpc) is 2.55. The molecule has 1 saturated heterocycles. The molecule has 0 saturated carbocycles. The lowest BCUT2D eigenvalue weighted by molar-refractivity contribution is 0.254. The van der Waals surface area contributed by atoms with Crippen molar-refractivity contribution in [3.63, 3.8) is 0 Å². The second-order valence-corrected chi connectivity index (χ2v) is 8.67. The van der Waals surface area contributed by atoms with Crippen molar-refractivity contribution in [1.82, 2.24) is 9.29 Å². The van der Waals surface area contributed by atoms with Crippen LogP contribution in [0.1, 0.15) is 42.1 Å². The quantitative estimate of drug-likeness (QED) is 0.829. The molecular weight excluding hydrogens is 340 g/mol. The second kappa shape index (κ2) is 6.78. The van der Waals surface area contributed by atoms with Crippen LogP contribution in [0.2, 0.25) is 0 Å². The Morgan fingerprint density at radius 3 is 2.46 bits per heavy atom. The number of nitrogens with one attached hydrogen (secondary N) is 1. The number of aromatic nitrogens is 1. The molecule has 6 heteroatoms. The van der Waals surface area contributed by atoms with Gasteiger partial charge in [-0.1, -0.05) is 42.4 Å². The smallest absolute Gasteiger partial charge is 0.243 e. The van der Waals surface area contributed by atoms with E-state index in [1.165, 1.54) is 0 Å². The maximum atomic E-state index is 13.2. The van der Waals surface area contributed by atoms with Crippen LogP contribution in [0.3, 0.4) is 0 Å². The van der Waals surface area contributed by atoms with Gasteiger partial charge < -0.3 is 4.98 Å². The zero-order valence-electron chi connectivity index (χ0n) is 14.0. The minimum atomic E-state index is -3.51. The van der Waals surface area contributed by atoms with Gasteiger partial charge in [0.25, 0.3) is 0 Å². The molecule has 2 heterocycles. The van der Waals surface area contributed by atoms with Crippen LogP contribution >= 0.6 is 12.2 Å². The lowest BCUT2D eigenvalue weighted by Crippen LogP contribution is -2.38. The highest BCUT2D eigenvalue weighted by atomic mass is 32.2. The van der Waals surface area contributed by atoms with Crippen LogP contribution < -0.4 is 0 Å². The summed E-state index contributed by atoms with van der Waals surface area (Å²) in [5.41, 5.74) is 3.01. The van der Waals surface area contributed by atoms with Crippen LogP contribution in [-0.4, -0.2) is 24.3 Å². The van der Waals surface area contributed by atoms with Gasteiger partial charge in [0.1, 0.15) is 4.64 Å². The Bertz CT molecular complexity index is 886. The predicted octanol–water partition coefficient (Wildman–Crippen LogP) is 4.28. The van der Waals surface area contributed by atoms with Crippen molar-refractivity contribution >= 4 is 22.2 Å². The summed E-state index contributed by atoms with van der Waals surface area (Å²) in [6.07, 6.45) is 2.75. The summed E-state index contributed by atoms with van der Waals surface area (Å²) in [4.78, 5) is 3.51. The largest absolute Gasteiger partial charge is 0.350 e. The van der Waals surface area contributed by atoms with Crippen LogP contribution in [0, 0.1) is 18.5 Å². The lowest BCUT2D eigenvalue weighted by Gasteiger charge is -2.35. The van der Waals surface area contributed by atoms with Crippen molar-refractivity contribution in [3.8, 4) is 0 Å². The number of sulfonamides is 1.